The van der Waals surface area contributed by atoms with Gasteiger partial charge in [-0.25, -0.2) is 4.98 Å². The molecule has 1 atom stereocenters. The number of rotatable bonds is 3. The molecule has 162 valence electrons. The van der Waals surface area contributed by atoms with Gasteiger partial charge in [0.1, 0.15) is 5.52 Å². The maximum atomic E-state index is 14.0. The quantitative estimate of drug-likeness (QED) is 0.513. The second kappa shape index (κ2) is 8.45. The van der Waals surface area contributed by atoms with Crippen LogP contribution in [0.1, 0.15) is 43.1 Å². The Labute approximate surface area is 191 Å². The van der Waals surface area contributed by atoms with E-state index in [1.165, 1.54) is 0 Å². The topological polar surface area (TPSA) is 55.6 Å². The van der Waals surface area contributed by atoms with Crippen molar-refractivity contribution in [2.75, 3.05) is 26.3 Å². The summed E-state index contributed by atoms with van der Waals surface area (Å²) in [5, 5.41) is 1.10. The van der Waals surface area contributed by atoms with Crippen molar-refractivity contribution in [1.29, 1.82) is 0 Å². The Hall–Kier alpha value is -2.08. The van der Waals surface area contributed by atoms with Gasteiger partial charge in [0.2, 0.25) is 5.91 Å². The van der Waals surface area contributed by atoms with Crippen LogP contribution in [-0.4, -0.2) is 42.1 Å². The largest absolute Gasteiger partial charge is 0.440 e. The van der Waals surface area contributed by atoms with Crippen LogP contribution in [0.2, 0.25) is 10.0 Å². The van der Waals surface area contributed by atoms with E-state index in [9.17, 15) is 4.79 Å². The standard InChI is InChI=1S/C24H24Cl2N2O3/c25-17-7-8-18(19(26)14-17)24(9-12-30-13-10-24)23(29)28-11-3-4-16(15-28)22-27-20-5-1-2-6-21(20)31-22/h1-2,5-8,14,16H,3-4,9-13,15H2. The first-order chi connectivity index (χ1) is 15.1. The highest BCUT2D eigenvalue weighted by atomic mass is 35.5. The van der Waals surface area contributed by atoms with Crippen LogP contribution in [-0.2, 0) is 14.9 Å². The van der Waals surface area contributed by atoms with Gasteiger partial charge < -0.3 is 14.1 Å². The van der Waals surface area contributed by atoms with E-state index in [4.69, 9.17) is 32.4 Å². The summed E-state index contributed by atoms with van der Waals surface area (Å²) in [6.07, 6.45) is 3.08. The highest BCUT2D eigenvalue weighted by molar-refractivity contribution is 6.35. The molecule has 0 N–H and O–H groups in total. The number of likely N-dealkylation sites (tertiary alicyclic amines) is 1. The lowest BCUT2D eigenvalue weighted by Crippen LogP contribution is -2.52. The summed E-state index contributed by atoms with van der Waals surface area (Å²) in [4.78, 5) is 20.6. The van der Waals surface area contributed by atoms with Crippen molar-refractivity contribution in [1.82, 2.24) is 9.88 Å². The molecule has 5 rings (SSSR count). The number of hydrogen-bond acceptors (Lipinski definition) is 4. The number of aromatic nitrogens is 1. The van der Waals surface area contributed by atoms with Crippen LogP contribution in [0.4, 0.5) is 0 Å². The summed E-state index contributed by atoms with van der Waals surface area (Å²) in [6.45, 7) is 2.39. The third-order valence-electron chi connectivity index (χ3n) is 6.57. The zero-order chi connectivity index (χ0) is 21.4. The Morgan fingerprint density at radius 2 is 1.94 bits per heavy atom. The average Bonchev–Trinajstić information content (AvgIpc) is 3.23. The molecule has 0 saturated carbocycles. The van der Waals surface area contributed by atoms with Crippen molar-refractivity contribution in [2.24, 2.45) is 0 Å². The highest BCUT2D eigenvalue weighted by Gasteiger charge is 2.46. The van der Waals surface area contributed by atoms with Gasteiger partial charge in [-0.3, -0.25) is 4.79 Å². The molecule has 2 aliphatic heterocycles. The number of amides is 1. The number of carbonyl (C=O) groups is 1. The van der Waals surface area contributed by atoms with Crippen LogP contribution < -0.4 is 0 Å². The van der Waals surface area contributed by atoms with Crippen molar-refractivity contribution in [3.05, 3.63) is 64.0 Å². The number of halogens is 2. The van der Waals surface area contributed by atoms with Gasteiger partial charge in [0.25, 0.3) is 0 Å². The van der Waals surface area contributed by atoms with Gasteiger partial charge in [0.15, 0.2) is 11.5 Å². The van der Waals surface area contributed by atoms with Crippen molar-refractivity contribution in [3.8, 4) is 0 Å². The lowest BCUT2D eigenvalue weighted by molar-refractivity contribution is -0.142. The van der Waals surface area contributed by atoms with Gasteiger partial charge in [0, 0.05) is 36.3 Å². The number of oxazole rings is 1. The predicted octanol–water partition coefficient (Wildman–Crippen LogP) is 5.59. The van der Waals surface area contributed by atoms with E-state index in [0.29, 0.717) is 48.5 Å². The molecule has 2 aromatic carbocycles. The van der Waals surface area contributed by atoms with E-state index in [1.807, 2.05) is 41.3 Å². The average molecular weight is 459 g/mol. The van der Waals surface area contributed by atoms with Gasteiger partial charge in [-0.05, 0) is 55.5 Å². The maximum Gasteiger partial charge on any atom is 0.233 e. The fourth-order valence-electron chi connectivity index (χ4n) is 4.93. The third-order valence-corrected chi connectivity index (χ3v) is 7.12. The van der Waals surface area contributed by atoms with Crippen LogP contribution in [0.15, 0.2) is 46.9 Å². The number of benzene rings is 2. The van der Waals surface area contributed by atoms with Crippen LogP contribution in [0.5, 0.6) is 0 Å². The number of ether oxygens (including phenoxy) is 1. The molecule has 1 amide bonds. The van der Waals surface area contributed by atoms with E-state index < -0.39 is 5.41 Å². The molecule has 2 aliphatic rings. The second-order valence-electron chi connectivity index (χ2n) is 8.43. The molecule has 1 aromatic heterocycles. The summed E-state index contributed by atoms with van der Waals surface area (Å²) in [5.74, 6) is 0.910. The lowest BCUT2D eigenvalue weighted by atomic mass is 9.72. The Bertz CT molecular complexity index is 1070. The number of carbonyl (C=O) groups excluding carboxylic acids is 1. The van der Waals surface area contributed by atoms with E-state index in [-0.39, 0.29) is 11.8 Å². The summed E-state index contributed by atoms with van der Waals surface area (Å²) < 4.78 is 11.6. The molecule has 1 unspecified atom stereocenters. The number of para-hydroxylation sites is 2. The number of hydrogen-bond donors (Lipinski definition) is 0. The van der Waals surface area contributed by atoms with Crippen LogP contribution >= 0.6 is 23.2 Å². The molecule has 3 heterocycles. The fraction of sp³-hybridized carbons (Fsp3) is 0.417. The van der Waals surface area contributed by atoms with Crippen LogP contribution in [0.25, 0.3) is 11.1 Å². The Morgan fingerprint density at radius 1 is 1.13 bits per heavy atom. The molecular weight excluding hydrogens is 435 g/mol. The van der Waals surface area contributed by atoms with Gasteiger partial charge >= 0.3 is 0 Å². The summed E-state index contributed by atoms with van der Waals surface area (Å²) in [7, 11) is 0. The lowest BCUT2D eigenvalue weighted by Gasteiger charge is -2.42. The van der Waals surface area contributed by atoms with Crippen molar-refractivity contribution in [2.45, 2.75) is 37.0 Å². The van der Waals surface area contributed by atoms with Gasteiger partial charge in [-0.2, -0.15) is 0 Å². The molecule has 0 bridgehead atoms. The Balaban J connectivity index is 1.45. The molecule has 3 aromatic rings. The highest BCUT2D eigenvalue weighted by Crippen LogP contribution is 2.42. The zero-order valence-corrected chi connectivity index (χ0v) is 18.7. The summed E-state index contributed by atoms with van der Waals surface area (Å²) in [6, 6.07) is 13.2. The summed E-state index contributed by atoms with van der Waals surface area (Å²) >= 11 is 12.7. The van der Waals surface area contributed by atoms with Crippen molar-refractivity contribution < 1.29 is 13.9 Å². The van der Waals surface area contributed by atoms with E-state index in [0.717, 1.165) is 36.0 Å². The Kier molecular flexibility index (Phi) is 5.67. The van der Waals surface area contributed by atoms with Crippen molar-refractivity contribution in [3.63, 3.8) is 0 Å². The maximum absolute atomic E-state index is 14.0. The smallest absolute Gasteiger partial charge is 0.233 e. The third kappa shape index (κ3) is 3.84. The van der Waals surface area contributed by atoms with Gasteiger partial charge in [-0.1, -0.05) is 41.4 Å². The number of piperidine rings is 1. The summed E-state index contributed by atoms with van der Waals surface area (Å²) in [5.41, 5.74) is 1.80. The monoisotopic (exact) mass is 458 g/mol. The zero-order valence-electron chi connectivity index (χ0n) is 17.2. The molecule has 0 aliphatic carbocycles. The molecular formula is C24H24Cl2N2O3. The van der Waals surface area contributed by atoms with Crippen molar-refractivity contribution >= 4 is 40.2 Å². The first kappa shape index (κ1) is 20.8. The van der Waals surface area contributed by atoms with E-state index in [1.54, 1.807) is 6.07 Å². The minimum Gasteiger partial charge on any atom is -0.440 e. The first-order valence-electron chi connectivity index (χ1n) is 10.7. The second-order valence-corrected chi connectivity index (χ2v) is 9.27. The fourth-order valence-corrected chi connectivity index (χ4v) is 5.52. The number of nitrogens with zero attached hydrogens (tertiary/aromatic N) is 2. The molecule has 7 heteroatoms. The van der Waals surface area contributed by atoms with Gasteiger partial charge in [0.05, 0.1) is 11.3 Å². The molecule has 2 saturated heterocycles. The van der Waals surface area contributed by atoms with Gasteiger partial charge in [-0.15, -0.1) is 0 Å². The minimum atomic E-state index is -0.691. The first-order valence-corrected chi connectivity index (χ1v) is 11.5. The SMILES string of the molecule is O=C(N1CCCC(c2nc3ccccc3o2)C1)C1(c2ccc(Cl)cc2Cl)CCOCC1. The number of fused-ring (bicyclic) bond motifs is 1. The van der Waals surface area contributed by atoms with Crippen LogP contribution in [0, 0.1) is 0 Å². The molecule has 2 fully saturated rings. The van der Waals surface area contributed by atoms with Crippen LogP contribution in [0.3, 0.4) is 0 Å². The molecule has 31 heavy (non-hydrogen) atoms. The molecule has 5 nitrogen and oxygen atoms in total. The molecule has 0 spiro atoms. The normalized spacial score (nSPS) is 21.4. The molecule has 0 radical (unpaired) electrons. The van der Waals surface area contributed by atoms with E-state index in [2.05, 4.69) is 4.98 Å². The van der Waals surface area contributed by atoms with E-state index >= 15 is 0 Å². The predicted molar refractivity (Wildman–Crippen MR) is 121 cm³/mol. The minimum absolute atomic E-state index is 0.0858. The Morgan fingerprint density at radius 3 is 2.71 bits per heavy atom.